The highest BCUT2D eigenvalue weighted by molar-refractivity contribution is 5.75. The van der Waals surface area contributed by atoms with Gasteiger partial charge in [0, 0.05) is 0 Å². The van der Waals surface area contributed by atoms with Crippen molar-refractivity contribution in [2.45, 2.75) is 91.3 Å². The van der Waals surface area contributed by atoms with Crippen molar-refractivity contribution in [1.82, 2.24) is 0 Å². The van der Waals surface area contributed by atoms with Crippen LogP contribution in [0, 0.1) is 23.7 Å². The zero-order valence-corrected chi connectivity index (χ0v) is 18.3. The van der Waals surface area contributed by atoms with Crippen LogP contribution in [0.25, 0.3) is 0 Å². The van der Waals surface area contributed by atoms with E-state index in [-0.39, 0.29) is 11.9 Å². The number of ether oxygens (including phenoxy) is 2. The van der Waals surface area contributed by atoms with E-state index in [9.17, 15) is 4.79 Å². The van der Waals surface area contributed by atoms with Crippen LogP contribution in [0.4, 0.5) is 0 Å². The molecule has 1 aromatic carbocycles. The molecule has 6 atom stereocenters. The van der Waals surface area contributed by atoms with Gasteiger partial charge in [-0.2, -0.15) is 0 Å². The molecule has 0 spiro atoms. The first-order valence-electron chi connectivity index (χ1n) is 11.5. The van der Waals surface area contributed by atoms with Crippen molar-refractivity contribution in [3.8, 4) is 5.75 Å². The third kappa shape index (κ3) is 4.79. The molecule has 0 N–H and O–H groups in total. The second-order valence-corrected chi connectivity index (χ2v) is 8.97. The van der Waals surface area contributed by atoms with Crippen molar-refractivity contribution in [1.29, 1.82) is 0 Å². The van der Waals surface area contributed by atoms with Gasteiger partial charge in [-0.15, -0.1) is 0 Å². The highest BCUT2D eigenvalue weighted by Crippen LogP contribution is 2.49. The Balaban J connectivity index is 0.00000109. The lowest BCUT2D eigenvalue weighted by atomic mass is 9.67. The molecular formula is C25H38O3. The number of hydrogen-bond donors (Lipinski definition) is 0. The van der Waals surface area contributed by atoms with Gasteiger partial charge in [-0.25, -0.2) is 0 Å². The summed E-state index contributed by atoms with van der Waals surface area (Å²) in [5, 5.41) is 0. The number of rotatable bonds is 5. The molecule has 156 valence electrons. The molecule has 3 heteroatoms. The molecule has 0 radical (unpaired) electrons. The summed E-state index contributed by atoms with van der Waals surface area (Å²) in [5.74, 6) is 3.25. The summed E-state index contributed by atoms with van der Waals surface area (Å²) in [6.07, 6.45) is 7.61. The minimum atomic E-state index is -0.0305. The average molecular weight is 387 g/mol. The number of esters is 1. The van der Waals surface area contributed by atoms with E-state index in [1.807, 2.05) is 26.0 Å². The minimum Gasteiger partial charge on any atom is -0.426 e. The summed E-state index contributed by atoms with van der Waals surface area (Å²) in [6, 6.07) is 8.17. The number of carbonyl (C=O) groups is 1. The van der Waals surface area contributed by atoms with Gasteiger partial charge in [0.1, 0.15) is 5.75 Å². The monoisotopic (exact) mass is 386 g/mol. The third-order valence-electron chi connectivity index (χ3n) is 6.98. The van der Waals surface area contributed by atoms with Crippen molar-refractivity contribution in [3.63, 3.8) is 0 Å². The van der Waals surface area contributed by atoms with Gasteiger partial charge in [0.05, 0.1) is 18.1 Å². The first-order valence-corrected chi connectivity index (χ1v) is 11.5. The molecule has 3 fully saturated rings. The summed E-state index contributed by atoms with van der Waals surface area (Å²) in [5.41, 5.74) is 1.28. The summed E-state index contributed by atoms with van der Waals surface area (Å²) < 4.78 is 11.5. The summed E-state index contributed by atoms with van der Waals surface area (Å²) >= 11 is 0. The van der Waals surface area contributed by atoms with Crippen LogP contribution < -0.4 is 4.74 Å². The van der Waals surface area contributed by atoms with E-state index >= 15 is 0 Å². The van der Waals surface area contributed by atoms with Crippen LogP contribution in [-0.4, -0.2) is 18.2 Å². The van der Waals surface area contributed by atoms with E-state index in [0.717, 1.165) is 38.0 Å². The first kappa shape index (κ1) is 21.4. The highest BCUT2D eigenvalue weighted by Gasteiger charge is 2.50. The van der Waals surface area contributed by atoms with E-state index in [1.165, 1.54) is 12.0 Å². The predicted molar refractivity (Wildman–Crippen MR) is 114 cm³/mol. The molecule has 0 bridgehead atoms. The minimum absolute atomic E-state index is 0.0305. The van der Waals surface area contributed by atoms with Crippen LogP contribution in [0.3, 0.4) is 0 Å². The normalized spacial score (nSPS) is 31.7. The average Bonchev–Trinajstić information content (AvgIpc) is 3.46. The van der Waals surface area contributed by atoms with Gasteiger partial charge in [-0.3, -0.25) is 4.79 Å². The Hall–Kier alpha value is -1.35. The van der Waals surface area contributed by atoms with Crippen LogP contribution in [-0.2, 0) is 9.53 Å². The van der Waals surface area contributed by atoms with E-state index in [4.69, 9.17) is 9.47 Å². The van der Waals surface area contributed by atoms with Crippen molar-refractivity contribution >= 4 is 5.97 Å². The van der Waals surface area contributed by atoms with E-state index in [1.54, 1.807) is 0 Å². The topological polar surface area (TPSA) is 38.8 Å². The summed E-state index contributed by atoms with van der Waals surface area (Å²) in [6.45, 7) is 10.7. The highest BCUT2D eigenvalue weighted by atomic mass is 16.6. The van der Waals surface area contributed by atoms with Gasteiger partial charge in [0.15, 0.2) is 0 Å². The van der Waals surface area contributed by atoms with Crippen molar-refractivity contribution in [3.05, 3.63) is 29.8 Å². The van der Waals surface area contributed by atoms with Crippen LogP contribution in [0.2, 0.25) is 0 Å². The zero-order valence-electron chi connectivity index (χ0n) is 18.3. The summed E-state index contributed by atoms with van der Waals surface area (Å²) in [4.78, 5) is 12.8. The molecule has 28 heavy (non-hydrogen) atoms. The lowest BCUT2D eigenvalue weighted by Crippen LogP contribution is -2.35. The molecule has 0 aromatic heterocycles. The number of benzene rings is 1. The SMILES string of the molecule is CC.CCC(c1cccc(OC(=O)C2CCC3CC4OC4CC3C2)c1)C(C)C. The summed E-state index contributed by atoms with van der Waals surface area (Å²) in [7, 11) is 0. The third-order valence-corrected chi connectivity index (χ3v) is 6.98. The van der Waals surface area contributed by atoms with Gasteiger partial charge in [-0.1, -0.05) is 46.8 Å². The van der Waals surface area contributed by atoms with Crippen LogP contribution >= 0.6 is 0 Å². The van der Waals surface area contributed by atoms with Crippen LogP contribution in [0.5, 0.6) is 5.75 Å². The number of fused-ring (bicyclic) bond motifs is 2. The van der Waals surface area contributed by atoms with Gasteiger partial charge >= 0.3 is 5.97 Å². The Morgan fingerprint density at radius 2 is 1.82 bits per heavy atom. The molecule has 6 unspecified atom stereocenters. The molecule has 1 aromatic rings. The Bertz CT molecular complexity index is 653. The van der Waals surface area contributed by atoms with E-state index < -0.39 is 0 Å². The Labute approximate surface area is 171 Å². The fraction of sp³-hybridized carbons (Fsp3) is 0.720. The van der Waals surface area contributed by atoms with E-state index in [0.29, 0.717) is 35.7 Å². The number of carbonyl (C=O) groups excluding carboxylic acids is 1. The van der Waals surface area contributed by atoms with Gasteiger partial charge in [0.2, 0.25) is 0 Å². The second kappa shape index (κ2) is 9.43. The largest absolute Gasteiger partial charge is 0.426 e. The lowest BCUT2D eigenvalue weighted by Gasteiger charge is -2.36. The Morgan fingerprint density at radius 1 is 1.11 bits per heavy atom. The molecule has 1 heterocycles. The fourth-order valence-corrected chi connectivity index (χ4v) is 5.43. The molecular weight excluding hydrogens is 348 g/mol. The Morgan fingerprint density at radius 3 is 2.50 bits per heavy atom. The molecule has 1 aliphatic heterocycles. The second-order valence-electron chi connectivity index (χ2n) is 8.97. The number of hydrogen-bond acceptors (Lipinski definition) is 3. The standard InChI is InChI=1S/C23H32O3.C2H6/c1-4-20(14(2)3)16-6-5-7-19(11-16)25-23(24)17-9-8-15-12-21-22(26-21)13-18(15)10-17;1-2/h5-7,11,14-15,17-18,20-22H,4,8-10,12-13H2,1-3H3;1-2H3. The van der Waals surface area contributed by atoms with Gasteiger partial charge in [-0.05, 0) is 79.9 Å². The maximum Gasteiger partial charge on any atom is 0.314 e. The molecule has 0 amide bonds. The molecule has 2 aliphatic carbocycles. The molecule has 1 saturated heterocycles. The van der Waals surface area contributed by atoms with Gasteiger partial charge in [0.25, 0.3) is 0 Å². The molecule has 3 aliphatic rings. The Kier molecular flexibility index (Phi) is 7.20. The lowest BCUT2D eigenvalue weighted by molar-refractivity contribution is -0.141. The van der Waals surface area contributed by atoms with Gasteiger partial charge < -0.3 is 9.47 Å². The fourth-order valence-electron chi connectivity index (χ4n) is 5.43. The molecule has 3 nitrogen and oxygen atoms in total. The molecule has 4 rings (SSSR count). The molecule has 2 saturated carbocycles. The van der Waals surface area contributed by atoms with Crippen molar-refractivity contribution in [2.75, 3.05) is 0 Å². The zero-order chi connectivity index (χ0) is 20.3. The maximum atomic E-state index is 12.8. The first-order chi connectivity index (χ1) is 13.5. The smallest absolute Gasteiger partial charge is 0.314 e. The predicted octanol–water partition coefficient (Wildman–Crippen LogP) is 6.36. The van der Waals surface area contributed by atoms with Crippen molar-refractivity contribution < 1.29 is 14.3 Å². The van der Waals surface area contributed by atoms with Crippen molar-refractivity contribution in [2.24, 2.45) is 23.7 Å². The quantitative estimate of drug-likeness (QED) is 0.336. The maximum absolute atomic E-state index is 12.8. The van der Waals surface area contributed by atoms with Crippen LogP contribution in [0.15, 0.2) is 24.3 Å². The number of epoxide rings is 1. The van der Waals surface area contributed by atoms with Crippen LogP contribution in [0.1, 0.15) is 84.6 Å². The van der Waals surface area contributed by atoms with E-state index in [2.05, 4.69) is 32.9 Å².